The Labute approximate surface area is 387 Å². The van der Waals surface area contributed by atoms with E-state index in [4.69, 9.17) is 21.2 Å². The van der Waals surface area contributed by atoms with E-state index in [0.717, 1.165) is 90.5 Å². The van der Waals surface area contributed by atoms with Crippen LogP contribution in [0.1, 0.15) is 108 Å². The van der Waals surface area contributed by atoms with Crippen LogP contribution < -0.4 is 38.1 Å². The summed E-state index contributed by atoms with van der Waals surface area (Å²) in [6.07, 6.45) is 5.87. The Hall–Kier alpha value is -6.55. The van der Waals surface area contributed by atoms with E-state index in [2.05, 4.69) is 56.0 Å². The van der Waals surface area contributed by atoms with Gasteiger partial charge < -0.3 is 47.4 Å². The molecule has 66 heavy (non-hydrogen) atoms. The summed E-state index contributed by atoms with van der Waals surface area (Å²) in [5.41, 5.74) is 17.3. The molecule has 0 spiro atoms. The summed E-state index contributed by atoms with van der Waals surface area (Å²) in [4.78, 5) is 73.5. The summed E-state index contributed by atoms with van der Waals surface area (Å²) in [5, 5.41) is 15.4. The van der Waals surface area contributed by atoms with Crippen molar-refractivity contribution >= 4 is 63.2 Å². The van der Waals surface area contributed by atoms with Gasteiger partial charge in [0.25, 0.3) is 0 Å². The molecule has 0 unspecified atom stereocenters. The summed E-state index contributed by atoms with van der Waals surface area (Å²) in [7, 11) is 0. The Morgan fingerprint density at radius 1 is 0.803 bits per heavy atom. The number of fused-ring (bicyclic) bond motifs is 3. The van der Waals surface area contributed by atoms with E-state index in [9.17, 15) is 24.0 Å². The number of hydrogen-bond donors (Lipinski definition) is 7. The number of alkyl carbamates (subject to hydrolysis) is 1. The quantitative estimate of drug-likeness (QED) is 0.0261. The number of primary amides is 1. The number of para-hydroxylation sites is 1. The zero-order valence-electron chi connectivity index (χ0n) is 38.9. The first-order valence-corrected chi connectivity index (χ1v) is 23.3. The topological polar surface area (TPSA) is 237 Å². The number of amides is 5. The van der Waals surface area contributed by atoms with E-state index in [0.29, 0.717) is 42.9 Å². The molecule has 0 saturated carbocycles. The van der Waals surface area contributed by atoms with Crippen LogP contribution in [0.25, 0.3) is 21.9 Å². The number of Topliss-reactive ketones (excluding diaryl/α,β-unsaturated/α-hetero) is 1. The number of carbonyl (C=O) groups excluding carboxylic acids is 5. The fraction of sp³-hybridized carbons (Fsp3) is 0.460. The van der Waals surface area contributed by atoms with Gasteiger partial charge in [0.15, 0.2) is 11.6 Å². The molecule has 2 atom stereocenters. The van der Waals surface area contributed by atoms with Gasteiger partial charge in [0.1, 0.15) is 17.9 Å². The standard InChI is InChI=1S/C50H68N10O6/c1-5-7-17-42-58-45-46(39-15-10-11-16-40(39)57-47(45)51)60(42)31-35-21-19-34(20-22-35)30-55-50(65)66-32-36-23-25-38(26-24-36)56-48(63)37(14-13-28-54-49(52)64)29-41(61)44(33(3)4)59-43(62)18-9-8-12-27-53-6-2/h10-11,15-16,19-26,33,37,44,53H,5-9,12-14,17-18,27-32H2,1-4H3,(H2,51,57)(H,55,65)(H,56,63)(H,59,62)(H3,52,54,64)/t37-,44+/m0/s1. The van der Waals surface area contributed by atoms with Gasteiger partial charge in [0.2, 0.25) is 11.8 Å². The number of hydrogen-bond acceptors (Lipinski definition) is 10. The lowest BCUT2D eigenvalue weighted by Gasteiger charge is -2.24. The molecule has 16 nitrogen and oxygen atoms in total. The molecular formula is C50H68N10O6. The number of carbonyl (C=O) groups is 5. The Balaban J connectivity index is 1.11. The maximum Gasteiger partial charge on any atom is 0.407 e. The molecule has 0 saturated heterocycles. The number of pyridine rings is 1. The van der Waals surface area contributed by atoms with Crippen molar-refractivity contribution in [3.63, 3.8) is 0 Å². The number of aromatic nitrogens is 3. The van der Waals surface area contributed by atoms with Gasteiger partial charge in [-0.05, 0) is 86.0 Å². The van der Waals surface area contributed by atoms with Crippen molar-refractivity contribution < 1.29 is 28.7 Å². The minimum absolute atomic E-state index is 0.00923. The van der Waals surface area contributed by atoms with Gasteiger partial charge in [0, 0.05) is 55.9 Å². The smallest absolute Gasteiger partial charge is 0.407 e. The fourth-order valence-electron chi connectivity index (χ4n) is 7.86. The maximum atomic E-state index is 13.6. The van der Waals surface area contributed by atoms with Crippen molar-refractivity contribution in [3.05, 3.63) is 95.3 Å². The molecule has 2 aromatic heterocycles. The molecule has 0 aliphatic rings. The molecular weight excluding hydrogens is 837 g/mol. The normalized spacial score (nSPS) is 12.2. The van der Waals surface area contributed by atoms with Crippen LogP contribution in [0, 0.1) is 11.8 Å². The highest BCUT2D eigenvalue weighted by Crippen LogP contribution is 2.30. The lowest BCUT2D eigenvalue weighted by molar-refractivity contribution is -0.131. The molecule has 0 aliphatic heterocycles. The number of nitrogens with zero attached hydrogens (tertiary/aromatic N) is 3. The van der Waals surface area contributed by atoms with Crippen molar-refractivity contribution in [1.29, 1.82) is 0 Å². The third-order valence-electron chi connectivity index (χ3n) is 11.5. The van der Waals surface area contributed by atoms with Crippen LogP contribution in [0.4, 0.5) is 21.1 Å². The van der Waals surface area contributed by atoms with Gasteiger partial charge in [-0.2, -0.15) is 0 Å². The zero-order valence-corrected chi connectivity index (χ0v) is 38.9. The molecule has 0 radical (unpaired) electrons. The summed E-state index contributed by atoms with van der Waals surface area (Å²) >= 11 is 0. The molecule has 0 bridgehead atoms. The molecule has 0 aliphatic carbocycles. The summed E-state index contributed by atoms with van der Waals surface area (Å²) in [6.45, 7) is 10.9. The Bertz CT molecular complexity index is 2380. The van der Waals surface area contributed by atoms with Crippen molar-refractivity contribution in [1.82, 2.24) is 35.8 Å². The number of imidazole rings is 1. The van der Waals surface area contributed by atoms with Crippen LogP contribution in [-0.4, -0.2) is 69.9 Å². The number of nitrogens with one attached hydrogen (secondary N) is 5. The molecule has 2 heterocycles. The van der Waals surface area contributed by atoms with Crippen molar-refractivity contribution in [3.8, 4) is 0 Å². The van der Waals surface area contributed by atoms with Crippen molar-refractivity contribution in [2.24, 2.45) is 17.6 Å². The number of rotatable bonds is 27. The van der Waals surface area contributed by atoms with Gasteiger partial charge in [-0.1, -0.05) is 95.1 Å². The first kappa shape index (κ1) is 50.4. The number of benzene rings is 3. The third-order valence-corrected chi connectivity index (χ3v) is 11.5. The monoisotopic (exact) mass is 905 g/mol. The second-order valence-electron chi connectivity index (χ2n) is 17.1. The van der Waals surface area contributed by atoms with Gasteiger partial charge in [-0.3, -0.25) is 14.4 Å². The molecule has 9 N–H and O–H groups in total. The molecule has 0 fully saturated rings. The number of aryl methyl sites for hydroxylation is 1. The number of unbranched alkanes of at least 4 members (excludes halogenated alkanes) is 3. The van der Waals surface area contributed by atoms with Crippen LogP contribution >= 0.6 is 0 Å². The van der Waals surface area contributed by atoms with E-state index in [1.54, 1.807) is 24.3 Å². The molecule has 3 aromatic carbocycles. The largest absolute Gasteiger partial charge is 0.445 e. The van der Waals surface area contributed by atoms with E-state index in [-0.39, 0.29) is 49.6 Å². The van der Waals surface area contributed by atoms with Crippen LogP contribution in [0.15, 0.2) is 72.8 Å². The predicted octanol–water partition coefficient (Wildman–Crippen LogP) is 7.26. The summed E-state index contributed by atoms with van der Waals surface area (Å²) in [5.74, 6) is -0.284. The second-order valence-corrected chi connectivity index (χ2v) is 17.1. The average Bonchev–Trinajstić information content (AvgIpc) is 3.67. The molecule has 5 amide bonds. The number of urea groups is 1. The zero-order chi connectivity index (χ0) is 47.4. The lowest BCUT2D eigenvalue weighted by Crippen LogP contribution is -2.45. The highest BCUT2D eigenvalue weighted by molar-refractivity contribution is 6.06. The predicted molar refractivity (Wildman–Crippen MR) is 259 cm³/mol. The number of ether oxygens (including phenoxy) is 1. The van der Waals surface area contributed by atoms with Crippen molar-refractivity contribution in [2.45, 2.75) is 118 Å². The first-order valence-electron chi connectivity index (χ1n) is 23.3. The summed E-state index contributed by atoms with van der Waals surface area (Å²) < 4.78 is 7.73. The second kappa shape index (κ2) is 25.8. The van der Waals surface area contributed by atoms with E-state index < -0.39 is 24.1 Å². The van der Waals surface area contributed by atoms with E-state index >= 15 is 0 Å². The third kappa shape index (κ3) is 15.3. The Morgan fingerprint density at radius 2 is 1.53 bits per heavy atom. The molecule has 5 aromatic rings. The van der Waals surface area contributed by atoms with Crippen LogP contribution in [-0.2, 0) is 45.2 Å². The number of ketones is 1. The first-order chi connectivity index (χ1) is 31.9. The fourth-order valence-corrected chi connectivity index (χ4v) is 7.86. The Morgan fingerprint density at radius 3 is 2.24 bits per heavy atom. The van der Waals surface area contributed by atoms with Crippen LogP contribution in [0.3, 0.4) is 0 Å². The highest BCUT2D eigenvalue weighted by atomic mass is 16.5. The van der Waals surface area contributed by atoms with Gasteiger partial charge in [0.05, 0.1) is 17.1 Å². The van der Waals surface area contributed by atoms with Crippen molar-refractivity contribution in [2.75, 3.05) is 30.7 Å². The highest BCUT2D eigenvalue weighted by Gasteiger charge is 2.29. The van der Waals surface area contributed by atoms with Crippen LogP contribution in [0.5, 0.6) is 0 Å². The van der Waals surface area contributed by atoms with E-state index in [1.807, 2.05) is 56.3 Å². The molecule has 16 heteroatoms. The van der Waals surface area contributed by atoms with Gasteiger partial charge in [-0.25, -0.2) is 19.6 Å². The van der Waals surface area contributed by atoms with E-state index in [1.165, 1.54) is 0 Å². The number of anilines is 2. The minimum atomic E-state index is -0.736. The number of nitrogens with two attached hydrogens (primary N) is 2. The SMILES string of the molecule is CCCCc1nc2c(N)nc3ccccc3c2n1Cc1ccc(CNC(=O)OCc2ccc(NC(=O)[C@@H](CCCNC(N)=O)CC(=O)[C@H](NC(=O)CCCCCNCC)C(C)C)cc2)cc1. The van der Waals surface area contributed by atoms with Gasteiger partial charge in [-0.15, -0.1) is 0 Å². The van der Waals surface area contributed by atoms with Gasteiger partial charge >= 0.3 is 12.1 Å². The maximum absolute atomic E-state index is 13.6. The average molecular weight is 905 g/mol. The summed E-state index contributed by atoms with van der Waals surface area (Å²) in [6, 6.07) is 21.5. The minimum Gasteiger partial charge on any atom is -0.445 e. The molecule has 354 valence electrons. The number of nitrogen functional groups attached to an aromatic ring is 1. The Kier molecular flexibility index (Phi) is 19.7. The lowest BCUT2D eigenvalue weighted by atomic mass is 9.89. The molecule has 5 rings (SSSR count). The van der Waals surface area contributed by atoms with Crippen LogP contribution in [0.2, 0.25) is 0 Å².